The van der Waals surface area contributed by atoms with Crippen LogP contribution >= 0.6 is 11.6 Å². The summed E-state index contributed by atoms with van der Waals surface area (Å²) in [6.45, 7) is 4.99. The van der Waals surface area contributed by atoms with Crippen LogP contribution in [0.15, 0.2) is 48.5 Å². The number of morpholine rings is 1. The SMILES string of the molecule is O=C(Cn1nc(-c2ccccc2)c2cc(Cl)ccc21)NCCN1CCOCC1. The molecule has 0 spiro atoms. The third kappa shape index (κ3) is 4.35. The number of benzene rings is 2. The van der Waals surface area contributed by atoms with E-state index in [0.717, 1.165) is 55.0 Å². The van der Waals surface area contributed by atoms with E-state index < -0.39 is 0 Å². The van der Waals surface area contributed by atoms with E-state index in [1.807, 2.05) is 48.5 Å². The smallest absolute Gasteiger partial charge is 0.241 e. The zero-order valence-electron chi connectivity index (χ0n) is 15.6. The van der Waals surface area contributed by atoms with Crippen LogP contribution in [-0.2, 0) is 16.1 Å². The number of halogens is 1. The number of hydrogen-bond acceptors (Lipinski definition) is 4. The number of ether oxygens (including phenoxy) is 1. The first-order valence-corrected chi connectivity index (χ1v) is 9.87. The number of amides is 1. The summed E-state index contributed by atoms with van der Waals surface area (Å²) in [5.41, 5.74) is 2.73. The lowest BCUT2D eigenvalue weighted by Crippen LogP contribution is -2.41. The Labute approximate surface area is 169 Å². The van der Waals surface area contributed by atoms with Crippen molar-refractivity contribution in [3.8, 4) is 11.3 Å². The van der Waals surface area contributed by atoms with Gasteiger partial charge in [-0.2, -0.15) is 5.10 Å². The quantitative estimate of drug-likeness (QED) is 0.693. The van der Waals surface area contributed by atoms with Crippen molar-refractivity contribution in [3.05, 3.63) is 53.6 Å². The largest absolute Gasteiger partial charge is 0.379 e. The highest BCUT2D eigenvalue weighted by Gasteiger charge is 2.15. The second kappa shape index (κ2) is 8.73. The normalized spacial score (nSPS) is 15.0. The summed E-state index contributed by atoms with van der Waals surface area (Å²) in [5.74, 6) is -0.0489. The minimum Gasteiger partial charge on any atom is -0.379 e. The van der Waals surface area contributed by atoms with Crippen LogP contribution < -0.4 is 5.32 Å². The van der Waals surface area contributed by atoms with E-state index in [4.69, 9.17) is 21.4 Å². The molecule has 1 fully saturated rings. The highest BCUT2D eigenvalue weighted by molar-refractivity contribution is 6.31. The van der Waals surface area contributed by atoms with Crippen molar-refractivity contribution < 1.29 is 9.53 Å². The van der Waals surface area contributed by atoms with E-state index >= 15 is 0 Å². The van der Waals surface area contributed by atoms with Gasteiger partial charge < -0.3 is 10.1 Å². The fraction of sp³-hybridized carbons (Fsp3) is 0.333. The number of nitrogens with zero attached hydrogens (tertiary/aromatic N) is 3. The van der Waals surface area contributed by atoms with Crippen molar-refractivity contribution in [3.63, 3.8) is 0 Å². The molecule has 0 aliphatic carbocycles. The maximum absolute atomic E-state index is 12.5. The van der Waals surface area contributed by atoms with Crippen molar-refractivity contribution in [2.24, 2.45) is 0 Å². The van der Waals surface area contributed by atoms with Crippen molar-refractivity contribution in [2.75, 3.05) is 39.4 Å². The summed E-state index contributed by atoms with van der Waals surface area (Å²) >= 11 is 6.21. The molecule has 0 radical (unpaired) electrons. The number of aromatic nitrogens is 2. The van der Waals surface area contributed by atoms with Crippen LogP contribution in [0.2, 0.25) is 5.02 Å². The topological polar surface area (TPSA) is 59.4 Å². The second-order valence-electron chi connectivity index (χ2n) is 6.84. The molecule has 2 heterocycles. The van der Waals surface area contributed by atoms with Crippen molar-refractivity contribution in [1.82, 2.24) is 20.0 Å². The second-order valence-corrected chi connectivity index (χ2v) is 7.27. The molecule has 0 unspecified atom stereocenters. The number of nitrogens with one attached hydrogen (secondary N) is 1. The van der Waals surface area contributed by atoms with E-state index in [2.05, 4.69) is 10.2 Å². The van der Waals surface area contributed by atoms with Gasteiger partial charge >= 0.3 is 0 Å². The summed E-state index contributed by atoms with van der Waals surface area (Å²) in [6.07, 6.45) is 0. The molecule has 0 saturated carbocycles. The monoisotopic (exact) mass is 398 g/mol. The maximum Gasteiger partial charge on any atom is 0.241 e. The lowest BCUT2D eigenvalue weighted by molar-refractivity contribution is -0.121. The van der Waals surface area contributed by atoms with Crippen LogP contribution in [0.4, 0.5) is 0 Å². The zero-order valence-corrected chi connectivity index (χ0v) is 16.4. The summed E-state index contributed by atoms with van der Waals surface area (Å²) in [6, 6.07) is 15.6. The average Bonchev–Trinajstić information content (AvgIpc) is 3.07. The van der Waals surface area contributed by atoms with E-state index in [1.54, 1.807) is 4.68 Å². The molecule has 7 heteroatoms. The molecular weight excluding hydrogens is 376 g/mol. The third-order valence-corrected chi connectivity index (χ3v) is 5.14. The molecule has 4 rings (SSSR count). The summed E-state index contributed by atoms with van der Waals surface area (Å²) in [5, 5.41) is 9.30. The molecule has 1 saturated heterocycles. The fourth-order valence-corrected chi connectivity index (χ4v) is 3.62. The molecular formula is C21H23ClN4O2. The Balaban J connectivity index is 1.48. The molecule has 6 nitrogen and oxygen atoms in total. The Hall–Kier alpha value is -2.41. The highest BCUT2D eigenvalue weighted by Crippen LogP contribution is 2.30. The summed E-state index contributed by atoms with van der Waals surface area (Å²) in [7, 11) is 0. The Morgan fingerprint density at radius 3 is 2.71 bits per heavy atom. The first-order chi connectivity index (χ1) is 13.7. The van der Waals surface area contributed by atoms with Crippen LogP contribution in [-0.4, -0.2) is 60.0 Å². The molecule has 1 aromatic heterocycles. The lowest BCUT2D eigenvalue weighted by atomic mass is 10.1. The van der Waals surface area contributed by atoms with Gasteiger partial charge in [-0.1, -0.05) is 41.9 Å². The van der Waals surface area contributed by atoms with Crippen LogP contribution in [0.1, 0.15) is 0 Å². The zero-order chi connectivity index (χ0) is 19.3. The van der Waals surface area contributed by atoms with E-state index in [-0.39, 0.29) is 12.5 Å². The molecule has 1 aliphatic heterocycles. The van der Waals surface area contributed by atoms with Gasteiger partial charge in [0.25, 0.3) is 0 Å². The van der Waals surface area contributed by atoms with Gasteiger partial charge in [0.1, 0.15) is 12.2 Å². The molecule has 1 aliphatic rings. The Morgan fingerprint density at radius 1 is 1.14 bits per heavy atom. The van der Waals surface area contributed by atoms with E-state index in [1.165, 1.54) is 0 Å². The maximum atomic E-state index is 12.5. The number of fused-ring (bicyclic) bond motifs is 1. The number of carbonyl (C=O) groups is 1. The summed E-state index contributed by atoms with van der Waals surface area (Å²) < 4.78 is 7.09. The van der Waals surface area contributed by atoms with Gasteiger partial charge in [-0.3, -0.25) is 14.4 Å². The predicted molar refractivity (Wildman–Crippen MR) is 110 cm³/mol. The Kier molecular flexibility index (Phi) is 5.90. The minimum absolute atomic E-state index is 0.0489. The molecule has 1 amide bonds. The van der Waals surface area contributed by atoms with Crippen molar-refractivity contribution in [1.29, 1.82) is 0 Å². The van der Waals surface area contributed by atoms with Gasteiger partial charge in [-0.05, 0) is 18.2 Å². The van der Waals surface area contributed by atoms with Gasteiger partial charge in [0.15, 0.2) is 0 Å². The van der Waals surface area contributed by atoms with E-state index in [9.17, 15) is 4.79 Å². The fourth-order valence-electron chi connectivity index (χ4n) is 3.45. The molecule has 0 atom stereocenters. The number of hydrogen-bond donors (Lipinski definition) is 1. The molecule has 2 aromatic carbocycles. The number of rotatable bonds is 6. The van der Waals surface area contributed by atoms with Gasteiger partial charge in [0.05, 0.1) is 18.7 Å². The summed E-state index contributed by atoms with van der Waals surface area (Å²) in [4.78, 5) is 14.8. The Bertz CT molecular complexity index is 952. The predicted octanol–water partition coefficient (Wildman–Crippen LogP) is 2.81. The molecule has 3 aromatic rings. The van der Waals surface area contributed by atoms with Crippen molar-refractivity contribution >= 4 is 28.4 Å². The van der Waals surface area contributed by atoms with E-state index in [0.29, 0.717) is 11.6 Å². The first-order valence-electron chi connectivity index (χ1n) is 9.49. The van der Waals surface area contributed by atoms with Crippen LogP contribution in [0.3, 0.4) is 0 Å². The molecule has 0 bridgehead atoms. The standard InChI is InChI=1S/C21H23ClN4O2/c22-17-6-7-19-18(14-17)21(16-4-2-1-3-5-16)24-26(19)15-20(27)23-8-9-25-10-12-28-13-11-25/h1-7,14H,8-13,15H2,(H,23,27). The van der Waals surface area contributed by atoms with Gasteiger partial charge in [0.2, 0.25) is 5.91 Å². The van der Waals surface area contributed by atoms with Gasteiger partial charge in [-0.25, -0.2) is 0 Å². The lowest BCUT2D eigenvalue weighted by Gasteiger charge is -2.26. The highest BCUT2D eigenvalue weighted by atomic mass is 35.5. The van der Waals surface area contributed by atoms with Crippen LogP contribution in [0, 0.1) is 0 Å². The average molecular weight is 399 g/mol. The molecule has 146 valence electrons. The van der Waals surface area contributed by atoms with Crippen LogP contribution in [0.5, 0.6) is 0 Å². The molecule has 1 N–H and O–H groups in total. The number of carbonyl (C=O) groups excluding carboxylic acids is 1. The first kappa shape index (κ1) is 18.9. The minimum atomic E-state index is -0.0489. The Morgan fingerprint density at radius 2 is 1.93 bits per heavy atom. The third-order valence-electron chi connectivity index (χ3n) is 4.91. The van der Waals surface area contributed by atoms with Gasteiger partial charge in [-0.15, -0.1) is 0 Å². The van der Waals surface area contributed by atoms with Gasteiger partial charge in [0, 0.05) is 42.2 Å². The molecule has 28 heavy (non-hydrogen) atoms. The van der Waals surface area contributed by atoms with Crippen molar-refractivity contribution in [2.45, 2.75) is 6.54 Å². The van der Waals surface area contributed by atoms with Crippen LogP contribution in [0.25, 0.3) is 22.2 Å².